The topological polar surface area (TPSA) is 72.4 Å². The van der Waals surface area contributed by atoms with Crippen molar-refractivity contribution in [3.05, 3.63) is 33.9 Å². The molecule has 0 unspecified atom stereocenters. The first-order valence-electron chi connectivity index (χ1n) is 6.02. The molecule has 0 saturated heterocycles. The minimum Gasteiger partial charge on any atom is -0.393 e. The van der Waals surface area contributed by atoms with Crippen LogP contribution in [0.15, 0.2) is 18.2 Å². The Kier molecular flexibility index (Phi) is 4.29. The van der Waals surface area contributed by atoms with E-state index in [4.69, 9.17) is 5.73 Å². The van der Waals surface area contributed by atoms with Crippen LogP contribution in [0.4, 0.5) is 11.4 Å². The molecule has 0 atom stereocenters. The summed E-state index contributed by atoms with van der Waals surface area (Å²) in [7, 11) is 2.00. The van der Waals surface area contributed by atoms with Crippen LogP contribution < -0.4 is 5.73 Å². The van der Waals surface area contributed by atoms with Crippen molar-refractivity contribution in [3.8, 4) is 0 Å². The molecule has 1 aromatic rings. The largest absolute Gasteiger partial charge is 0.393 e. The van der Waals surface area contributed by atoms with Gasteiger partial charge in [-0.05, 0) is 32.9 Å². The molecule has 0 bridgehead atoms. The van der Waals surface area contributed by atoms with Crippen molar-refractivity contribution < 1.29 is 4.92 Å². The molecule has 0 saturated carbocycles. The fourth-order valence-electron chi connectivity index (χ4n) is 1.64. The van der Waals surface area contributed by atoms with Gasteiger partial charge in [0, 0.05) is 18.2 Å². The van der Waals surface area contributed by atoms with E-state index in [0.29, 0.717) is 6.54 Å². The second kappa shape index (κ2) is 5.35. The van der Waals surface area contributed by atoms with Gasteiger partial charge in [0.15, 0.2) is 0 Å². The van der Waals surface area contributed by atoms with E-state index in [1.165, 1.54) is 6.07 Å². The maximum atomic E-state index is 10.8. The molecule has 0 aliphatic rings. The molecular formula is C13H21N3O2. The number of nitro groups is 1. The maximum Gasteiger partial charge on any atom is 0.292 e. The molecule has 0 radical (unpaired) electrons. The lowest BCUT2D eigenvalue weighted by Gasteiger charge is -2.35. The number of anilines is 1. The monoisotopic (exact) mass is 251 g/mol. The number of nitrogens with zero attached hydrogens (tertiary/aromatic N) is 2. The minimum atomic E-state index is -0.441. The van der Waals surface area contributed by atoms with Gasteiger partial charge in [-0.3, -0.25) is 15.0 Å². The molecule has 100 valence electrons. The third kappa shape index (κ3) is 2.98. The van der Waals surface area contributed by atoms with Crippen molar-refractivity contribution in [2.24, 2.45) is 0 Å². The van der Waals surface area contributed by atoms with Crippen LogP contribution in [0.5, 0.6) is 0 Å². The fourth-order valence-corrected chi connectivity index (χ4v) is 1.64. The van der Waals surface area contributed by atoms with E-state index in [9.17, 15) is 10.1 Å². The Morgan fingerprint density at radius 3 is 2.56 bits per heavy atom. The second-order valence-corrected chi connectivity index (χ2v) is 5.13. The number of hydrogen-bond acceptors (Lipinski definition) is 4. The normalized spacial score (nSPS) is 11.8. The minimum absolute atomic E-state index is 0.0183. The molecule has 0 aromatic heterocycles. The lowest BCUT2D eigenvalue weighted by Crippen LogP contribution is -2.39. The molecular weight excluding hydrogens is 230 g/mol. The van der Waals surface area contributed by atoms with Crippen molar-refractivity contribution >= 4 is 11.4 Å². The highest BCUT2D eigenvalue weighted by atomic mass is 16.6. The molecule has 0 aliphatic heterocycles. The van der Waals surface area contributed by atoms with Crippen LogP contribution in [0.2, 0.25) is 0 Å². The molecule has 2 N–H and O–H groups in total. The second-order valence-electron chi connectivity index (χ2n) is 5.13. The van der Waals surface area contributed by atoms with Gasteiger partial charge in [0.05, 0.1) is 4.92 Å². The zero-order valence-corrected chi connectivity index (χ0v) is 11.4. The average Bonchev–Trinajstić information content (AvgIpc) is 2.31. The van der Waals surface area contributed by atoms with Crippen LogP contribution in [0.3, 0.4) is 0 Å². The first-order chi connectivity index (χ1) is 8.29. The first-order valence-corrected chi connectivity index (χ1v) is 6.02. The Morgan fingerprint density at radius 2 is 2.06 bits per heavy atom. The predicted molar refractivity (Wildman–Crippen MR) is 73.3 cm³/mol. The predicted octanol–water partition coefficient (Wildman–Crippen LogP) is 2.80. The zero-order valence-electron chi connectivity index (χ0n) is 11.4. The number of nitrogen functional groups attached to an aromatic ring is 1. The van der Waals surface area contributed by atoms with E-state index in [1.807, 2.05) is 13.1 Å². The number of benzene rings is 1. The summed E-state index contributed by atoms with van der Waals surface area (Å²) in [4.78, 5) is 12.5. The highest BCUT2D eigenvalue weighted by molar-refractivity contribution is 5.62. The molecule has 18 heavy (non-hydrogen) atoms. The van der Waals surface area contributed by atoms with Gasteiger partial charge in [-0.15, -0.1) is 0 Å². The van der Waals surface area contributed by atoms with Crippen LogP contribution >= 0.6 is 0 Å². The molecule has 1 rings (SSSR count). The van der Waals surface area contributed by atoms with Crippen LogP contribution in [-0.2, 0) is 6.54 Å². The summed E-state index contributed by atoms with van der Waals surface area (Å²) in [6, 6.07) is 4.95. The van der Waals surface area contributed by atoms with Gasteiger partial charge in [-0.25, -0.2) is 0 Å². The Labute approximate surface area is 108 Å². The van der Waals surface area contributed by atoms with E-state index in [2.05, 4.69) is 25.7 Å². The molecule has 5 heteroatoms. The third-order valence-electron chi connectivity index (χ3n) is 3.68. The highest BCUT2D eigenvalue weighted by Gasteiger charge is 2.23. The van der Waals surface area contributed by atoms with Gasteiger partial charge < -0.3 is 5.73 Å². The number of rotatable bonds is 5. The number of para-hydroxylation sites is 1. The van der Waals surface area contributed by atoms with Gasteiger partial charge in [0.2, 0.25) is 0 Å². The molecule has 0 spiro atoms. The van der Waals surface area contributed by atoms with Crippen molar-refractivity contribution in [2.75, 3.05) is 12.8 Å². The Balaban J connectivity index is 2.99. The summed E-state index contributed by atoms with van der Waals surface area (Å²) in [6.07, 6.45) is 0.998. The standard InChI is InChI=1S/C13H21N3O2/c1-5-13(2,3)15(4)9-10-7-6-8-11(12(10)14)16(17)18/h6-8H,5,9,14H2,1-4H3. The average molecular weight is 251 g/mol. The Morgan fingerprint density at radius 1 is 1.44 bits per heavy atom. The number of nitrogens with two attached hydrogens (primary N) is 1. The Hall–Kier alpha value is -1.62. The first kappa shape index (κ1) is 14.4. The van der Waals surface area contributed by atoms with Gasteiger partial charge in [-0.1, -0.05) is 19.1 Å². The summed E-state index contributed by atoms with van der Waals surface area (Å²) in [5.74, 6) is 0. The Bertz CT molecular complexity index is 444. The van der Waals surface area contributed by atoms with E-state index >= 15 is 0 Å². The van der Waals surface area contributed by atoms with E-state index in [-0.39, 0.29) is 16.9 Å². The number of nitro benzene ring substituents is 1. The van der Waals surface area contributed by atoms with Crippen molar-refractivity contribution in [3.63, 3.8) is 0 Å². The third-order valence-corrected chi connectivity index (χ3v) is 3.68. The summed E-state index contributed by atoms with van der Waals surface area (Å²) in [5, 5.41) is 10.8. The van der Waals surface area contributed by atoms with Crippen molar-refractivity contribution in [1.82, 2.24) is 4.90 Å². The lowest BCUT2D eigenvalue weighted by molar-refractivity contribution is -0.384. The summed E-state index contributed by atoms with van der Waals surface area (Å²) >= 11 is 0. The SMILES string of the molecule is CCC(C)(C)N(C)Cc1cccc([N+](=O)[O-])c1N. The molecule has 1 aromatic carbocycles. The summed E-state index contributed by atoms with van der Waals surface area (Å²) in [5.41, 5.74) is 6.93. The van der Waals surface area contributed by atoms with E-state index < -0.39 is 4.92 Å². The van der Waals surface area contributed by atoms with Gasteiger partial charge in [0.25, 0.3) is 5.69 Å². The van der Waals surface area contributed by atoms with Crippen LogP contribution in [0.1, 0.15) is 32.8 Å². The van der Waals surface area contributed by atoms with Crippen LogP contribution in [-0.4, -0.2) is 22.4 Å². The molecule has 0 amide bonds. The molecule has 0 fully saturated rings. The summed E-state index contributed by atoms with van der Waals surface area (Å²) < 4.78 is 0. The lowest BCUT2D eigenvalue weighted by atomic mass is 9.99. The highest BCUT2D eigenvalue weighted by Crippen LogP contribution is 2.27. The van der Waals surface area contributed by atoms with Crippen molar-refractivity contribution in [1.29, 1.82) is 0 Å². The number of hydrogen-bond donors (Lipinski definition) is 1. The zero-order chi connectivity index (χ0) is 13.9. The van der Waals surface area contributed by atoms with E-state index in [1.54, 1.807) is 6.07 Å². The molecule has 5 nitrogen and oxygen atoms in total. The van der Waals surface area contributed by atoms with Crippen LogP contribution in [0, 0.1) is 10.1 Å². The quantitative estimate of drug-likeness (QED) is 0.496. The van der Waals surface area contributed by atoms with Crippen molar-refractivity contribution in [2.45, 2.75) is 39.3 Å². The molecule has 0 aliphatic carbocycles. The van der Waals surface area contributed by atoms with Gasteiger partial charge >= 0.3 is 0 Å². The van der Waals surface area contributed by atoms with Gasteiger partial charge in [0.1, 0.15) is 5.69 Å². The maximum absolute atomic E-state index is 10.8. The summed E-state index contributed by atoms with van der Waals surface area (Å²) in [6.45, 7) is 7.00. The van der Waals surface area contributed by atoms with Crippen LogP contribution in [0.25, 0.3) is 0 Å². The molecule has 0 heterocycles. The fraction of sp³-hybridized carbons (Fsp3) is 0.538. The van der Waals surface area contributed by atoms with Gasteiger partial charge in [-0.2, -0.15) is 0 Å². The van der Waals surface area contributed by atoms with E-state index in [0.717, 1.165) is 12.0 Å². The smallest absolute Gasteiger partial charge is 0.292 e.